The predicted molar refractivity (Wildman–Crippen MR) is 78.5 cm³/mol. The number of nitrogens with zero attached hydrogens (tertiary/aromatic N) is 1. The van der Waals surface area contributed by atoms with Crippen LogP contribution in [-0.2, 0) is 0 Å². The maximum absolute atomic E-state index is 6.08. The average Bonchev–Trinajstić information content (AvgIpc) is 2.34. The third-order valence-corrected chi connectivity index (χ3v) is 3.63. The van der Waals surface area contributed by atoms with Crippen molar-refractivity contribution < 1.29 is 0 Å². The standard InChI is InChI=1S/C12H10BrClN2S/c1-17-10-4-2-9(3-5-10)16-12-11(14)6-8(13)7-15-12/h2-7H,1H3,(H,15,16). The molecule has 0 aliphatic rings. The molecule has 0 atom stereocenters. The fourth-order valence-electron chi connectivity index (χ4n) is 1.32. The first kappa shape index (κ1) is 12.7. The summed E-state index contributed by atoms with van der Waals surface area (Å²) in [6.45, 7) is 0. The zero-order valence-electron chi connectivity index (χ0n) is 9.08. The lowest BCUT2D eigenvalue weighted by Gasteiger charge is -2.07. The molecule has 1 heterocycles. The monoisotopic (exact) mass is 328 g/mol. The second kappa shape index (κ2) is 5.76. The molecule has 0 aliphatic heterocycles. The molecule has 2 aromatic rings. The molecular formula is C12H10BrClN2S. The van der Waals surface area contributed by atoms with E-state index in [1.165, 1.54) is 4.90 Å². The molecular weight excluding hydrogens is 320 g/mol. The molecule has 5 heteroatoms. The smallest absolute Gasteiger partial charge is 0.149 e. The highest BCUT2D eigenvalue weighted by molar-refractivity contribution is 9.10. The van der Waals surface area contributed by atoms with Crippen molar-refractivity contribution in [3.8, 4) is 0 Å². The van der Waals surface area contributed by atoms with Crippen LogP contribution in [0.3, 0.4) is 0 Å². The van der Waals surface area contributed by atoms with E-state index in [4.69, 9.17) is 11.6 Å². The number of benzene rings is 1. The molecule has 1 aromatic heterocycles. The lowest BCUT2D eigenvalue weighted by atomic mass is 10.3. The van der Waals surface area contributed by atoms with Crippen LogP contribution in [0.2, 0.25) is 5.02 Å². The molecule has 0 unspecified atom stereocenters. The average molecular weight is 330 g/mol. The minimum absolute atomic E-state index is 0.591. The fourth-order valence-corrected chi connectivity index (χ4v) is 2.40. The van der Waals surface area contributed by atoms with Crippen LogP contribution in [0.4, 0.5) is 11.5 Å². The number of nitrogens with one attached hydrogen (secondary N) is 1. The van der Waals surface area contributed by atoms with Crippen LogP contribution in [0.1, 0.15) is 0 Å². The Kier molecular flexibility index (Phi) is 4.31. The van der Waals surface area contributed by atoms with E-state index in [1.54, 1.807) is 18.0 Å². The minimum atomic E-state index is 0.591. The second-order valence-corrected chi connectivity index (χ2v) is 5.54. The maximum atomic E-state index is 6.08. The molecule has 0 fully saturated rings. The third-order valence-electron chi connectivity index (χ3n) is 2.16. The van der Waals surface area contributed by atoms with E-state index in [2.05, 4.69) is 44.6 Å². The normalized spacial score (nSPS) is 10.3. The van der Waals surface area contributed by atoms with Crippen molar-refractivity contribution in [1.29, 1.82) is 0 Å². The Morgan fingerprint density at radius 1 is 1.29 bits per heavy atom. The van der Waals surface area contributed by atoms with Crippen molar-refractivity contribution in [1.82, 2.24) is 4.98 Å². The van der Waals surface area contributed by atoms with Crippen LogP contribution in [0.15, 0.2) is 45.9 Å². The van der Waals surface area contributed by atoms with Crippen molar-refractivity contribution >= 4 is 50.8 Å². The van der Waals surface area contributed by atoms with Gasteiger partial charge in [-0.25, -0.2) is 4.98 Å². The van der Waals surface area contributed by atoms with Gasteiger partial charge in [0.15, 0.2) is 0 Å². The van der Waals surface area contributed by atoms with Crippen LogP contribution in [0, 0.1) is 0 Å². The van der Waals surface area contributed by atoms with Crippen LogP contribution in [-0.4, -0.2) is 11.2 Å². The van der Waals surface area contributed by atoms with Gasteiger partial charge in [-0.15, -0.1) is 11.8 Å². The fraction of sp³-hybridized carbons (Fsp3) is 0.0833. The summed E-state index contributed by atoms with van der Waals surface area (Å²) in [6.07, 6.45) is 3.76. The van der Waals surface area contributed by atoms with Gasteiger partial charge >= 0.3 is 0 Å². The summed E-state index contributed by atoms with van der Waals surface area (Å²) >= 11 is 11.1. The van der Waals surface area contributed by atoms with E-state index in [1.807, 2.05) is 18.2 Å². The molecule has 0 amide bonds. The first-order chi connectivity index (χ1) is 8.19. The van der Waals surface area contributed by atoms with Gasteiger partial charge in [-0.05, 0) is 52.5 Å². The van der Waals surface area contributed by atoms with E-state index in [0.717, 1.165) is 10.2 Å². The van der Waals surface area contributed by atoms with Crippen LogP contribution in [0.25, 0.3) is 0 Å². The number of anilines is 2. The molecule has 0 bridgehead atoms. The quantitative estimate of drug-likeness (QED) is 0.805. The van der Waals surface area contributed by atoms with Crippen molar-refractivity contribution in [2.24, 2.45) is 0 Å². The van der Waals surface area contributed by atoms with Gasteiger partial charge in [-0.1, -0.05) is 11.6 Å². The Labute approximate surface area is 118 Å². The minimum Gasteiger partial charge on any atom is -0.339 e. The SMILES string of the molecule is CSc1ccc(Nc2ncc(Br)cc2Cl)cc1. The number of hydrogen-bond donors (Lipinski definition) is 1. The van der Waals surface area contributed by atoms with Gasteiger partial charge in [0.1, 0.15) is 5.82 Å². The summed E-state index contributed by atoms with van der Waals surface area (Å²) in [5.41, 5.74) is 0.972. The molecule has 0 spiro atoms. The Morgan fingerprint density at radius 3 is 2.59 bits per heavy atom. The maximum Gasteiger partial charge on any atom is 0.149 e. The summed E-state index contributed by atoms with van der Waals surface area (Å²) < 4.78 is 0.866. The van der Waals surface area contributed by atoms with E-state index in [9.17, 15) is 0 Å². The Balaban J connectivity index is 2.19. The summed E-state index contributed by atoms with van der Waals surface area (Å²) in [7, 11) is 0. The largest absolute Gasteiger partial charge is 0.339 e. The molecule has 2 nitrogen and oxygen atoms in total. The Morgan fingerprint density at radius 2 is 2.00 bits per heavy atom. The zero-order chi connectivity index (χ0) is 12.3. The first-order valence-corrected chi connectivity index (χ1v) is 7.31. The highest BCUT2D eigenvalue weighted by atomic mass is 79.9. The van der Waals surface area contributed by atoms with Gasteiger partial charge in [0.25, 0.3) is 0 Å². The van der Waals surface area contributed by atoms with Crippen LogP contribution < -0.4 is 5.32 Å². The topological polar surface area (TPSA) is 24.9 Å². The molecule has 88 valence electrons. The highest BCUT2D eigenvalue weighted by Crippen LogP contribution is 2.26. The number of aromatic nitrogens is 1. The molecule has 1 aromatic carbocycles. The predicted octanol–water partition coefficient (Wildman–Crippen LogP) is 4.96. The number of halogens is 2. The van der Waals surface area contributed by atoms with E-state index >= 15 is 0 Å². The van der Waals surface area contributed by atoms with Crippen LogP contribution in [0.5, 0.6) is 0 Å². The number of pyridine rings is 1. The van der Waals surface area contributed by atoms with Gasteiger partial charge in [-0.2, -0.15) is 0 Å². The molecule has 1 N–H and O–H groups in total. The van der Waals surface area contributed by atoms with Crippen molar-refractivity contribution in [3.05, 3.63) is 46.0 Å². The summed E-state index contributed by atoms with van der Waals surface area (Å²) in [5.74, 6) is 0.659. The highest BCUT2D eigenvalue weighted by Gasteiger charge is 2.03. The van der Waals surface area contributed by atoms with Gasteiger partial charge < -0.3 is 5.32 Å². The second-order valence-electron chi connectivity index (χ2n) is 3.34. The van der Waals surface area contributed by atoms with Gasteiger partial charge in [0.05, 0.1) is 5.02 Å². The number of thioether (sulfide) groups is 1. The van der Waals surface area contributed by atoms with Crippen molar-refractivity contribution in [2.45, 2.75) is 4.90 Å². The molecule has 0 radical (unpaired) electrons. The van der Waals surface area contributed by atoms with Crippen LogP contribution >= 0.6 is 39.3 Å². The summed E-state index contributed by atoms with van der Waals surface area (Å²) in [6, 6.07) is 9.93. The zero-order valence-corrected chi connectivity index (χ0v) is 12.2. The third kappa shape index (κ3) is 3.37. The Bertz CT molecular complexity index is 516. The van der Waals surface area contributed by atoms with E-state index in [0.29, 0.717) is 10.8 Å². The van der Waals surface area contributed by atoms with Gasteiger partial charge in [0.2, 0.25) is 0 Å². The number of rotatable bonds is 3. The van der Waals surface area contributed by atoms with E-state index in [-0.39, 0.29) is 0 Å². The summed E-state index contributed by atoms with van der Waals surface area (Å²) in [4.78, 5) is 5.45. The van der Waals surface area contributed by atoms with Gasteiger partial charge in [0, 0.05) is 21.3 Å². The van der Waals surface area contributed by atoms with E-state index < -0.39 is 0 Å². The molecule has 17 heavy (non-hydrogen) atoms. The molecule has 0 aliphatic carbocycles. The summed E-state index contributed by atoms with van der Waals surface area (Å²) in [5, 5.41) is 3.77. The molecule has 0 saturated carbocycles. The molecule has 0 saturated heterocycles. The lowest BCUT2D eigenvalue weighted by molar-refractivity contribution is 1.29. The first-order valence-electron chi connectivity index (χ1n) is 4.91. The van der Waals surface area contributed by atoms with Gasteiger partial charge in [-0.3, -0.25) is 0 Å². The van der Waals surface area contributed by atoms with Crippen molar-refractivity contribution in [3.63, 3.8) is 0 Å². The molecule has 2 rings (SSSR count). The lowest BCUT2D eigenvalue weighted by Crippen LogP contribution is -1.94. The Hall–Kier alpha value is -0.710. The van der Waals surface area contributed by atoms with Crippen molar-refractivity contribution in [2.75, 3.05) is 11.6 Å². The number of hydrogen-bond acceptors (Lipinski definition) is 3.